The Labute approximate surface area is 124 Å². The summed E-state index contributed by atoms with van der Waals surface area (Å²) in [6, 6.07) is 3.49. The highest BCUT2D eigenvalue weighted by atomic mass is 35.5. The molecular formula is C15H21ClN2O2. The van der Waals surface area contributed by atoms with Crippen LogP contribution < -0.4 is 15.8 Å². The Hall–Kier alpha value is -1.26. The first-order valence-electron chi connectivity index (χ1n) is 6.93. The molecule has 1 aliphatic rings. The maximum atomic E-state index is 12.4. The molecule has 2 atom stereocenters. The van der Waals surface area contributed by atoms with Crippen molar-refractivity contribution in [2.75, 3.05) is 12.4 Å². The minimum atomic E-state index is -0.121. The summed E-state index contributed by atoms with van der Waals surface area (Å²) in [6.45, 7) is 1.89. The van der Waals surface area contributed by atoms with Crippen molar-refractivity contribution in [2.24, 2.45) is 11.7 Å². The fourth-order valence-electron chi connectivity index (χ4n) is 2.64. The van der Waals surface area contributed by atoms with Crippen molar-refractivity contribution in [3.63, 3.8) is 0 Å². The van der Waals surface area contributed by atoms with Crippen LogP contribution in [0.2, 0.25) is 5.02 Å². The van der Waals surface area contributed by atoms with Crippen molar-refractivity contribution in [1.82, 2.24) is 0 Å². The van der Waals surface area contributed by atoms with Gasteiger partial charge in [-0.3, -0.25) is 4.79 Å². The Bertz CT molecular complexity index is 505. The average Bonchev–Trinajstić information content (AvgIpc) is 2.43. The summed E-state index contributed by atoms with van der Waals surface area (Å²) in [6.07, 6.45) is 3.92. The Balaban J connectivity index is 2.16. The number of anilines is 1. The first kappa shape index (κ1) is 15.1. The van der Waals surface area contributed by atoms with Crippen LogP contribution in [0, 0.1) is 12.8 Å². The van der Waals surface area contributed by atoms with E-state index in [4.69, 9.17) is 22.1 Å². The number of hydrogen-bond donors (Lipinski definition) is 2. The summed E-state index contributed by atoms with van der Waals surface area (Å²) in [5.41, 5.74) is 7.59. The molecule has 0 radical (unpaired) electrons. The Morgan fingerprint density at radius 2 is 2.10 bits per heavy atom. The van der Waals surface area contributed by atoms with Gasteiger partial charge in [-0.1, -0.05) is 24.4 Å². The van der Waals surface area contributed by atoms with Gasteiger partial charge in [0.25, 0.3) is 0 Å². The van der Waals surface area contributed by atoms with E-state index in [1.807, 2.05) is 13.0 Å². The molecule has 2 rings (SSSR count). The van der Waals surface area contributed by atoms with Crippen LogP contribution in [0.25, 0.3) is 0 Å². The van der Waals surface area contributed by atoms with Crippen LogP contribution in [0.5, 0.6) is 5.75 Å². The second-order valence-corrected chi connectivity index (χ2v) is 5.75. The zero-order valence-electron chi connectivity index (χ0n) is 11.9. The lowest BCUT2D eigenvalue weighted by Crippen LogP contribution is -2.40. The third-order valence-corrected chi connectivity index (χ3v) is 4.30. The van der Waals surface area contributed by atoms with E-state index < -0.39 is 0 Å². The van der Waals surface area contributed by atoms with Crippen molar-refractivity contribution >= 4 is 23.2 Å². The molecule has 1 aromatic rings. The lowest BCUT2D eigenvalue weighted by atomic mass is 9.84. The summed E-state index contributed by atoms with van der Waals surface area (Å²) in [7, 11) is 1.56. The molecule has 1 aromatic carbocycles. The number of nitrogens with one attached hydrogen (secondary N) is 1. The molecule has 20 heavy (non-hydrogen) atoms. The van der Waals surface area contributed by atoms with E-state index in [1.165, 1.54) is 0 Å². The molecule has 0 heterocycles. The smallest absolute Gasteiger partial charge is 0.229 e. The fourth-order valence-corrected chi connectivity index (χ4v) is 2.79. The van der Waals surface area contributed by atoms with Crippen molar-refractivity contribution in [3.8, 4) is 5.75 Å². The highest BCUT2D eigenvalue weighted by Crippen LogP contribution is 2.32. The summed E-state index contributed by atoms with van der Waals surface area (Å²) in [4.78, 5) is 12.4. The minimum absolute atomic E-state index is 0.0303. The van der Waals surface area contributed by atoms with Gasteiger partial charge in [0.2, 0.25) is 5.91 Å². The summed E-state index contributed by atoms with van der Waals surface area (Å²) >= 11 is 6.06. The number of carbonyl (C=O) groups excluding carboxylic acids is 1. The van der Waals surface area contributed by atoms with Gasteiger partial charge in [-0.15, -0.1) is 0 Å². The SMILES string of the molecule is COc1cc(Cl)c(C)cc1NC(=O)C1CCCCC1N. The van der Waals surface area contributed by atoms with Crippen LogP contribution in [0.1, 0.15) is 31.2 Å². The zero-order chi connectivity index (χ0) is 14.7. The van der Waals surface area contributed by atoms with Crippen LogP contribution in [0.4, 0.5) is 5.69 Å². The van der Waals surface area contributed by atoms with Crippen molar-refractivity contribution < 1.29 is 9.53 Å². The standard InChI is InChI=1S/C15H21ClN2O2/c1-9-7-13(14(20-2)8-11(9)16)18-15(19)10-5-3-4-6-12(10)17/h7-8,10,12H,3-6,17H2,1-2H3,(H,18,19). The Kier molecular flexibility index (Phi) is 4.89. The predicted molar refractivity (Wildman–Crippen MR) is 81.3 cm³/mol. The maximum absolute atomic E-state index is 12.4. The third-order valence-electron chi connectivity index (χ3n) is 3.89. The van der Waals surface area contributed by atoms with Crippen molar-refractivity contribution in [3.05, 3.63) is 22.7 Å². The number of halogens is 1. The van der Waals surface area contributed by atoms with Gasteiger partial charge in [-0.25, -0.2) is 0 Å². The van der Waals surface area contributed by atoms with E-state index in [-0.39, 0.29) is 17.9 Å². The highest BCUT2D eigenvalue weighted by Gasteiger charge is 2.28. The van der Waals surface area contributed by atoms with Crippen LogP contribution in [0.3, 0.4) is 0 Å². The topological polar surface area (TPSA) is 64.3 Å². The molecule has 110 valence electrons. The number of methoxy groups -OCH3 is 1. The monoisotopic (exact) mass is 296 g/mol. The predicted octanol–water partition coefficient (Wildman–Crippen LogP) is 3.11. The van der Waals surface area contributed by atoms with Gasteiger partial charge in [-0.05, 0) is 31.4 Å². The zero-order valence-corrected chi connectivity index (χ0v) is 12.7. The molecule has 2 unspecified atom stereocenters. The number of carbonyl (C=O) groups is 1. The van der Waals surface area contributed by atoms with Gasteiger partial charge in [0.1, 0.15) is 5.75 Å². The quantitative estimate of drug-likeness (QED) is 0.901. The van der Waals surface area contributed by atoms with Gasteiger partial charge in [0, 0.05) is 17.1 Å². The van der Waals surface area contributed by atoms with E-state index in [2.05, 4.69) is 5.32 Å². The first-order valence-corrected chi connectivity index (χ1v) is 7.31. The summed E-state index contributed by atoms with van der Waals surface area (Å²) in [5, 5.41) is 3.55. The lowest BCUT2D eigenvalue weighted by molar-refractivity contribution is -0.121. The van der Waals surface area contributed by atoms with Crippen molar-refractivity contribution in [2.45, 2.75) is 38.6 Å². The largest absolute Gasteiger partial charge is 0.495 e. The Morgan fingerprint density at radius 1 is 1.40 bits per heavy atom. The normalized spacial score (nSPS) is 22.4. The molecule has 0 saturated heterocycles. The van der Waals surface area contributed by atoms with E-state index in [0.717, 1.165) is 31.2 Å². The highest BCUT2D eigenvalue weighted by molar-refractivity contribution is 6.31. The molecule has 0 spiro atoms. The van der Waals surface area contributed by atoms with E-state index in [1.54, 1.807) is 13.2 Å². The minimum Gasteiger partial charge on any atom is -0.495 e. The van der Waals surface area contributed by atoms with Crippen LogP contribution in [0.15, 0.2) is 12.1 Å². The first-order chi connectivity index (χ1) is 9.52. The van der Waals surface area contributed by atoms with Gasteiger partial charge in [0.15, 0.2) is 0 Å². The molecule has 0 aromatic heterocycles. The maximum Gasteiger partial charge on any atom is 0.229 e. The van der Waals surface area contributed by atoms with E-state index in [9.17, 15) is 4.79 Å². The molecule has 0 aliphatic heterocycles. The molecule has 1 amide bonds. The summed E-state index contributed by atoms with van der Waals surface area (Å²) < 4.78 is 5.27. The molecule has 5 heteroatoms. The summed E-state index contributed by atoms with van der Waals surface area (Å²) in [5.74, 6) is 0.417. The number of benzene rings is 1. The molecule has 1 saturated carbocycles. The fraction of sp³-hybridized carbons (Fsp3) is 0.533. The van der Waals surface area contributed by atoms with Gasteiger partial charge in [0.05, 0.1) is 18.7 Å². The van der Waals surface area contributed by atoms with Crippen molar-refractivity contribution in [1.29, 1.82) is 0 Å². The van der Waals surface area contributed by atoms with Gasteiger partial charge in [-0.2, -0.15) is 0 Å². The lowest BCUT2D eigenvalue weighted by Gasteiger charge is -2.27. The van der Waals surface area contributed by atoms with E-state index in [0.29, 0.717) is 16.5 Å². The van der Waals surface area contributed by atoms with Crippen LogP contribution in [-0.2, 0) is 4.79 Å². The molecule has 1 fully saturated rings. The van der Waals surface area contributed by atoms with Gasteiger partial charge < -0.3 is 15.8 Å². The number of nitrogens with two attached hydrogens (primary N) is 1. The average molecular weight is 297 g/mol. The number of amides is 1. The van der Waals surface area contributed by atoms with Crippen LogP contribution in [-0.4, -0.2) is 19.1 Å². The molecular weight excluding hydrogens is 276 g/mol. The van der Waals surface area contributed by atoms with E-state index >= 15 is 0 Å². The number of ether oxygens (including phenoxy) is 1. The Morgan fingerprint density at radius 3 is 2.75 bits per heavy atom. The third kappa shape index (κ3) is 3.25. The molecule has 3 N–H and O–H groups in total. The number of hydrogen-bond acceptors (Lipinski definition) is 3. The van der Waals surface area contributed by atoms with Crippen LogP contribution >= 0.6 is 11.6 Å². The second-order valence-electron chi connectivity index (χ2n) is 5.35. The number of rotatable bonds is 3. The number of aryl methyl sites for hydroxylation is 1. The molecule has 4 nitrogen and oxygen atoms in total. The molecule has 0 bridgehead atoms. The van der Waals surface area contributed by atoms with Gasteiger partial charge >= 0.3 is 0 Å². The second kappa shape index (κ2) is 6.46. The molecule has 1 aliphatic carbocycles.